The molecule has 28 heavy (non-hydrogen) atoms. The van der Waals surface area contributed by atoms with Gasteiger partial charge in [0, 0.05) is 50.2 Å². The van der Waals surface area contributed by atoms with Crippen LogP contribution in [0.15, 0.2) is 48.5 Å². The molecule has 3 rings (SSSR count). The van der Waals surface area contributed by atoms with E-state index < -0.39 is 0 Å². The van der Waals surface area contributed by atoms with Crippen molar-refractivity contribution in [3.05, 3.63) is 59.7 Å². The fourth-order valence-corrected chi connectivity index (χ4v) is 3.17. The van der Waals surface area contributed by atoms with Gasteiger partial charge in [0.05, 0.1) is 19.8 Å². The van der Waals surface area contributed by atoms with E-state index in [1.54, 1.807) is 11.9 Å². The smallest absolute Gasteiger partial charge is 0.321 e. The quantitative estimate of drug-likeness (QED) is 0.792. The van der Waals surface area contributed by atoms with E-state index in [4.69, 9.17) is 9.47 Å². The summed E-state index contributed by atoms with van der Waals surface area (Å²) in [7, 11) is 1.80. The molecule has 1 aliphatic heterocycles. The van der Waals surface area contributed by atoms with Crippen molar-refractivity contribution in [1.29, 1.82) is 0 Å². The summed E-state index contributed by atoms with van der Waals surface area (Å²) in [4.78, 5) is 16.6. The van der Waals surface area contributed by atoms with Crippen LogP contribution in [0, 0.1) is 0 Å². The van der Waals surface area contributed by atoms with Crippen LogP contribution in [0.5, 0.6) is 0 Å². The first-order chi connectivity index (χ1) is 13.7. The van der Waals surface area contributed by atoms with Crippen molar-refractivity contribution >= 4 is 17.4 Å². The number of amides is 2. The number of para-hydroxylation sites is 1. The molecule has 1 aliphatic rings. The highest BCUT2D eigenvalue weighted by Gasteiger charge is 2.13. The van der Waals surface area contributed by atoms with Gasteiger partial charge in [-0.3, -0.25) is 0 Å². The maximum Gasteiger partial charge on any atom is 0.321 e. The number of morpholine rings is 1. The van der Waals surface area contributed by atoms with E-state index in [0.717, 1.165) is 43.1 Å². The fraction of sp³-hybridized carbons (Fsp3) is 0.409. The summed E-state index contributed by atoms with van der Waals surface area (Å²) < 4.78 is 10.9. The summed E-state index contributed by atoms with van der Waals surface area (Å²) in [5.41, 5.74) is 4.05. The van der Waals surface area contributed by atoms with Crippen molar-refractivity contribution in [3.8, 4) is 0 Å². The zero-order valence-electron chi connectivity index (χ0n) is 16.7. The Labute approximate surface area is 167 Å². The molecule has 2 aromatic carbocycles. The molecule has 2 aromatic rings. The number of urea groups is 1. The van der Waals surface area contributed by atoms with Crippen LogP contribution < -0.4 is 10.2 Å². The molecule has 2 amide bonds. The first kappa shape index (κ1) is 20.2. The Balaban J connectivity index is 1.57. The monoisotopic (exact) mass is 383 g/mol. The minimum absolute atomic E-state index is 0.138. The maximum absolute atomic E-state index is 12.6. The molecule has 1 fully saturated rings. The van der Waals surface area contributed by atoms with E-state index in [9.17, 15) is 4.79 Å². The van der Waals surface area contributed by atoms with Gasteiger partial charge < -0.3 is 24.6 Å². The van der Waals surface area contributed by atoms with E-state index >= 15 is 0 Å². The van der Waals surface area contributed by atoms with Gasteiger partial charge in [-0.1, -0.05) is 30.3 Å². The predicted octanol–water partition coefficient (Wildman–Crippen LogP) is 3.72. The molecule has 0 bridgehead atoms. The lowest BCUT2D eigenvalue weighted by molar-refractivity contribution is 0.122. The highest BCUT2D eigenvalue weighted by molar-refractivity contribution is 5.90. The Bertz CT molecular complexity index is 758. The van der Waals surface area contributed by atoms with Gasteiger partial charge in [0.15, 0.2) is 0 Å². The average Bonchev–Trinajstić information content (AvgIpc) is 2.74. The Morgan fingerprint density at radius 2 is 1.86 bits per heavy atom. The van der Waals surface area contributed by atoms with Crippen molar-refractivity contribution < 1.29 is 14.3 Å². The highest BCUT2D eigenvalue weighted by Crippen LogP contribution is 2.19. The van der Waals surface area contributed by atoms with Gasteiger partial charge in [-0.05, 0) is 30.7 Å². The molecule has 0 saturated carbocycles. The lowest BCUT2D eigenvalue weighted by atomic mass is 10.1. The average molecular weight is 383 g/mol. The molecular weight excluding hydrogens is 354 g/mol. The van der Waals surface area contributed by atoms with Crippen LogP contribution in [0.4, 0.5) is 16.2 Å². The van der Waals surface area contributed by atoms with Crippen molar-refractivity contribution in [2.45, 2.75) is 20.1 Å². The summed E-state index contributed by atoms with van der Waals surface area (Å²) in [5.74, 6) is 0. The molecule has 0 aromatic heterocycles. The lowest BCUT2D eigenvalue weighted by Crippen LogP contribution is -2.36. The SMILES string of the molecule is CCOCc1ccccc1NC(=O)N(C)Cc1ccc(N2CCOCC2)cc1. The van der Waals surface area contributed by atoms with Crippen LogP contribution in [-0.2, 0) is 22.6 Å². The Kier molecular flexibility index (Phi) is 7.28. The van der Waals surface area contributed by atoms with Crippen LogP contribution in [0.1, 0.15) is 18.1 Å². The van der Waals surface area contributed by atoms with Crippen molar-refractivity contribution in [1.82, 2.24) is 4.90 Å². The Morgan fingerprint density at radius 1 is 1.14 bits per heavy atom. The minimum Gasteiger partial charge on any atom is -0.378 e. The third-order valence-electron chi connectivity index (χ3n) is 4.80. The molecule has 0 unspecified atom stereocenters. The summed E-state index contributed by atoms with van der Waals surface area (Å²) >= 11 is 0. The number of hydrogen-bond donors (Lipinski definition) is 1. The Morgan fingerprint density at radius 3 is 2.57 bits per heavy atom. The van der Waals surface area contributed by atoms with E-state index in [1.165, 1.54) is 5.69 Å². The molecule has 1 N–H and O–H groups in total. The molecule has 0 radical (unpaired) electrons. The molecule has 150 valence electrons. The standard InChI is InChI=1S/C22H29N3O3/c1-3-27-17-19-6-4-5-7-21(19)23-22(26)24(2)16-18-8-10-20(11-9-18)25-12-14-28-15-13-25/h4-11H,3,12-17H2,1-2H3,(H,23,26). The van der Waals surface area contributed by atoms with Crippen molar-refractivity contribution in [2.24, 2.45) is 0 Å². The number of carbonyl (C=O) groups excluding carboxylic acids is 1. The molecule has 6 nitrogen and oxygen atoms in total. The number of benzene rings is 2. The second kappa shape index (κ2) is 10.1. The Hall–Kier alpha value is -2.57. The number of ether oxygens (including phenoxy) is 2. The number of nitrogens with zero attached hydrogens (tertiary/aromatic N) is 2. The first-order valence-corrected chi connectivity index (χ1v) is 9.76. The maximum atomic E-state index is 12.6. The largest absolute Gasteiger partial charge is 0.378 e. The van der Waals surface area contributed by atoms with Gasteiger partial charge in [0.1, 0.15) is 0 Å². The van der Waals surface area contributed by atoms with Crippen molar-refractivity contribution in [2.75, 3.05) is 50.2 Å². The third kappa shape index (κ3) is 5.47. The second-order valence-corrected chi connectivity index (χ2v) is 6.85. The van der Waals surface area contributed by atoms with Crippen LogP contribution in [0.3, 0.4) is 0 Å². The summed E-state index contributed by atoms with van der Waals surface area (Å²) in [6.45, 7) is 7.01. The van der Waals surface area contributed by atoms with Crippen LogP contribution in [0.2, 0.25) is 0 Å². The normalized spacial score (nSPS) is 14.0. The molecule has 6 heteroatoms. The first-order valence-electron chi connectivity index (χ1n) is 9.76. The zero-order chi connectivity index (χ0) is 19.8. The summed E-state index contributed by atoms with van der Waals surface area (Å²) in [6.07, 6.45) is 0. The summed E-state index contributed by atoms with van der Waals surface area (Å²) in [6, 6.07) is 16.0. The van der Waals surface area contributed by atoms with Gasteiger partial charge in [0.25, 0.3) is 0 Å². The number of carbonyl (C=O) groups is 1. The van der Waals surface area contributed by atoms with Gasteiger partial charge in [-0.25, -0.2) is 4.79 Å². The summed E-state index contributed by atoms with van der Waals surface area (Å²) in [5, 5.41) is 2.99. The molecule has 0 spiro atoms. The minimum atomic E-state index is -0.138. The van der Waals surface area contributed by atoms with Gasteiger partial charge in [0.2, 0.25) is 0 Å². The van der Waals surface area contributed by atoms with Crippen LogP contribution >= 0.6 is 0 Å². The number of rotatable bonds is 7. The highest BCUT2D eigenvalue weighted by atomic mass is 16.5. The van der Waals surface area contributed by atoms with Crippen molar-refractivity contribution in [3.63, 3.8) is 0 Å². The van der Waals surface area contributed by atoms with E-state index in [0.29, 0.717) is 19.8 Å². The van der Waals surface area contributed by atoms with E-state index in [2.05, 4.69) is 34.5 Å². The molecular formula is C22H29N3O3. The third-order valence-corrected chi connectivity index (χ3v) is 4.80. The van der Waals surface area contributed by atoms with Gasteiger partial charge >= 0.3 is 6.03 Å². The topological polar surface area (TPSA) is 54.0 Å². The van der Waals surface area contributed by atoms with Crippen LogP contribution in [-0.4, -0.2) is 50.9 Å². The zero-order valence-corrected chi connectivity index (χ0v) is 16.7. The second-order valence-electron chi connectivity index (χ2n) is 6.85. The molecule has 1 saturated heterocycles. The number of hydrogen-bond acceptors (Lipinski definition) is 4. The fourth-order valence-electron chi connectivity index (χ4n) is 3.17. The van der Waals surface area contributed by atoms with E-state index in [-0.39, 0.29) is 6.03 Å². The molecule has 0 atom stereocenters. The van der Waals surface area contributed by atoms with Gasteiger partial charge in [-0.2, -0.15) is 0 Å². The molecule has 1 heterocycles. The van der Waals surface area contributed by atoms with Crippen LogP contribution in [0.25, 0.3) is 0 Å². The number of nitrogens with one attached hydrogen (secondary N) is 1. The molecule has 0 aliphatic carbocycles. The predicted molar refractivity (Wildman–Crippen MR) is 112 cm³/mol. The lowest BCUT2D eigenvalue weighted by Gasteiger charge is -2.29. The van der Waals surface area contributed by atoms with Gasteiger partial charge in [-0.15, -0.1) is 0 Å². The number of anilines is 2. The van der Waals surface area contributed by atoms with E-state index in [1.807, 2.05) is 31.2 Å².